The molecule has 7 heteroatoms. The second-order valence-electron chi connectivity index (χ2n) is 8.77. The van der Waals surface area contributed by atoms with E-state index in [1.54, 1.807) is 41.3 Å². The number of carbonyl (C=O) groups excluding carboxylic acids is 3. The lowest BCUT2D eigenvalue weighted by Crippen LogP contribution is -2.36. The molecule has 0 N–H and O–H groups in total. The van der Waals surface area contributed by atoms with E-state index in [1.165, 1.54) is 6.92 Å². The molecule has 160 valence electrons. The van der Waals surface area contributed by atoms with E-state index < -0.39 is 0 Å². The Kier molecular flexibility index (Phi) is 5.44. The quantitative estimate of drug-likeness (QED) is 0.523. The van der Waals surface area contributed by atoms with Gasteiger partial charge in [-0.3, -0.25) is 14.4 Å². The van der Waals surface area contributed by atoms with E-state index in [4.69, 9.17) is 23.2 Å². The zero-order chi connectivity index (χ0) is 22.5. The van der Waals surface area contributed by atoms with Gasteiger partial charge in [-0.05, 0) is 48.2 Å². The third-order valence-electron chi connectivity index (χ3n) is 5.75. The molecule has 4 rings (SSSR count). The molecule has 0 bridgehead atoms. The lowest BCUT2D eigenvalue weighted by molar-refractivity contribution is -0.118. The third-order valence-corrected chi connectivity index (χ3v) is 6.29. The Morgan fingerprint density at radius 3 is 2.39 bits per heavy atom. The Morgan fingerprint density at radius 2 is 1.74 bits per heavy atom. The smallest absolute Gasteiger partial charge is 0.224 e. The van der Waals surface area contributed by atoms with Gasteiger partial charge < -0.3 is 9.80 Å². The van der Waals surface area contributed by atoms with E-state index in [0.29, 0.717) is 51.1 Å². The summed E-state index contributed by atoms with van der Waals surface area (Å²) in [6.07, 6.45) is 1.77. The van der Waals surface area contributed by atoms with Gasteiger partial charge in [0.15, 0.2) is 5.78 Å². The molecule has 1 heterocycles. The molecule has 2 aromatic carbocycles. The summed E-state index contributed by atoms with van der Waals surface area (Å²) < 4.78 is 0. The van der Waals surface area contributed by atoms with Crippen LogP contribution in [0.1, 0.15) is 44.0 Å². The molecule has 1 aliphatic carbocycles. The molecule has 1 aliphatic heterocycles. The van der Waals surface area contributed by atoms with E-state index in [0.717, 1.165) is 12.0 Å². The van der Waals surface area contributed by atoms with Crippen molar-refractivity contribution < 1.29 is 14.4 Å². The molecular weight excluding hydrogens is 435 g/mol. The molecule has 0 fully saturated rings. The van der Waals surface area contributed by atoms with Gasteiger partial charge in [0.05, 0.1) is 28.6 Å². The van der Waals surface area contributed by atoms with Gasteiger partial charge in [0.1, 0.15) is 6.29 Å². The summed E-state index contributed by atoms with van der Waals surface area (Å²) in [4.78, 5) is 40.9. The van der Waals surface area contributed by atoms with E-state index in [-0.39, 0.29) is 23.7 Å². The van der Waals surface area contributed by atoms with E-state index in [1.807, 2.05) is 18.7 Å². The largest absolute Gasteiger partial charge is 0.310 e. The van der Waals surface area contributed by atoms with E-state index >= 15 is 0 Å². The van der Waals surface area contributed by atoms with Crippen molar-refractivity contribution >= 4 is 58.2 Å². The van der Waals surface area contributed by atoms with Gasteiger partial charge in [0.2, 0.25) is 5.91 Å². The number of amides is 1. The Hall–Kier alpha value is -2.63. The average molecular weight is 457 g/mol. The summed E-state index contributed by atoms with van der Waals surface area (Å²) in [5.74, 6) is -0.176. The minimum atomic E-state index is -0.263. The number of carbonyl (C=O) groups is 3. The lowest BCUT2D eigenvalue weighted by Gasteiger charge is -2.37. The van der Waals surface area contributed by atoms with E-state index in [2.05, 4.69) is 0 Å². The number of aldehydes is 1. The number of halogens is 2. The number of rotatable bonds is 2. The second kappa shape index (κ2) is 7.81. The highest BCUT2D eigenvalue weighted by atomic mass is 35.5. The van der Waals surface area contributed by atoms with Gasteiger partial charge in [0, 0.05) is 35.2 Å². The van der Waals surface area contributed by atoms with Crippen LogP contribution in [0.15, 0.2) is 47.7 Å². The van der Waals surface area contributed by atoms with Crippen molar-refractivity contribution in [2.75, 3.05) is 16.3 Å². The molecule has 0 saturated carbocycles. The highest BCUT2D eigenvalue weighted by Crippen LogP contribution is 2.49. The predicted octanol–water partition coefficient (Wildman–Crippen LogP) is 5.95. The van der Waals surface area contributed by atoms with Crippen LogP contribution in [-0.4, -0.2) is 24.5 Å². The lowest BCUT2D eigenvalue weighted by atomic mass is 9.75. The average Bonchev–Trinajstić information content (AvgIpc) is 2.81. The number of fused-ring (bicyclic) bond motifs is 1. The number of ketones is 1. The van der Waals surface area contributed by atoms with Crippen LogP contribution in [0.2, 0.25) is 10.0 Å². The predicted molar refractivity (Wildman–Crippen MR) is 124 cm³/mol. The minimum absolute atomic E-state index is 0.0102. The Balaban J connectivity index is 2.08. The fourth-order valence-corrected chi connectivity index (χ4v) is 4.84. The SMILES string of the molecule is CC(=O)N1CC2=C(CC(C)(C)CC2=O)N(c2ccc(Cl)cc2Cl)c2cc(C=O)ccc21. The summed E-state index contributed by atoms with van der Waals surface area (Å²) in [6, 6.07) is 10.3. The van der Waals surface area contributed by atoms with Gasteiger partial charge in [-0.15, -0.1) is 0 Å². The zero-order valence-electron chi connectivity index (χ0n) is 17.5. The zero-order valence-corrected chi connectivity index (χ0v) is 19.0. The Bertz CT molecular complexity index is 1150. The maximum atomic E-state index is 13.2. The summed E-state index contributed by atoms with van der Waals surface area (Å²) in [7, 11) is 0. The summed E-state index contributed by atoms with van der Waals surface area (Å²) in [5.41, 5.74) is 3.45. The summed E-state index contributed by atoms with van der Waals surface area (Å²) in [5, 5.41) is 0.902. The van der Waals surface area contributed by atoms with Crippen LogP contribution >= 0.6 is 23.2 Å². The van der Waals surface area contributed by atoms with Crippen molar-refractivity contribution in [2.24, 2.45) is 5.41 Å². The number of hydrogen-bond acceptors (Lipinski definition) is 4. The van der Waals surface area contributed by atoms with Crippen LogP contribution in [0.25, 0.3) is 0 Å². The fourth-order valence-electron chi connectivity index (χ4n) is 4.35. The number of allylic oxidation sites excluding steroid dienone is 1. The Labute approximate surface area is 191 Å². The molecule has 0 aromatic heterocycles. The van der Waals surface area contributed by atoms with Gasteiger partial charge in [-0.2, -0.15) is 0 Å². The first-order valence-corrected chi connectivity index (χ1v) is 10.7. The molecular formula is C24H22Cl2N2O3. The third kappa shape index (κ3) is 3.88. The first kappa shape index (κ1) is 21.6. The fraction of sp³-hybridized carbons (Fsp3) is 0.292. The normalized spacial score (nSPS) is 17.8. The van der Waals surface area contributed by atoms with Crippen molar-refractivity contribution in [1.29, 1.82) is 0 Å². The van der Waals surface area contributed by atoms with Crippen LogP contribution in [0.3, 0.4) is 0 Å². The number of Topliss-reactive ketones (excluding diaryl/α,β-unsaturated/α-hetero) is 1. The van der Waals surface area contributed by atoms with Crippen molar-refractivity contribution in [3.05, 3.63) is 63.3 Å². The first-order valence-electron chi connectivity index (χ1n) is 9.99. The van der Waals surface area contributed by atoms with Gasteiger partial charge in [-0.1, -0.05) is 37.0 Å². The maximum absolute atomic E-state index is 13.2. The summed E-state index contributed by atoms with van der Waals surface area (Å²) >= 11 is 12.7. The Morgan fingerprint density at radius 1 is 1.03 bits per heavy atom. The second-order valence-corrected chi connectivity index (χ2v) is 9.61. The van der Waals surface area contributed by atoms with Gasteiger partial charge in [-0.25, -0.2) is 0 Å². The maximum Gasteiger partial charge on any atom is 0.224 e. The van der Waals surface area contributed by atoms with Crippen LogP contribution in [0, 0.1) is 5.41 Å². The van der Waals surface area contributed by atoms with Crippen LogP contribution < -0.4 is 9.80 Å². The van der Waals surface area contributed by atoms with Crippen LogP contribution in [-0.2, 0) is 9.59 Å². The van der Waals surface area contributed by atoms with Crippen molar-refractivity contribution in [2.45, 2.75) is 33.6 Å². The van der Waals surface area contributed by atoms with Crippen molar-refractivity contribution in [1.82, 2.24) is 0 Å². The van der Waals surface area contributed by atoms with Crippen LogP contribution in [0.5, 0.6) is 0 Å². The van der Waals surface area contributed by atoms with Gasteiger partial charge in [0.25, 0.3) is 0 Å². The molecule has 1 amide bonds. The standard InChI is InChI=1S/C24H22Cl2N2O3/c1-14(30)27-12-17-22(10-24(2,3)11-23(17)31)28(19-7-5-16(25)9-18(19)26)21-8-15(13-29)4-6-20(21)27/h4-9,13H,10-12H2,1-3H3. The highest BCUT2D eigenvalue weighted by molar-refractivity contribution is 6.36. The molecule has 5 nitrogen and oxygen atoms in total. The first-order chi connectivity index (χ1) is 14.6. The molecule has 0 unspecified atom stereocenters. The molecule has 0 spiro atoms. The molecule has 2 aliphatic rings. The number of anilines is 3. The molecule has 0 atom stereocenters. The monoisotopic (exact) mass is 456 g/mol. The molecule has 31 heavy (non-hydrogen) atoms. The molecule has 0 saturated heterocycles. The van der Waals surface area contributed by atoms with Crippen LogP contribution in [0.4, 0.5) is 17.1 Å². The minimum Gasteiger partial charge on any atom is -0.310 e. The van der Waals surface area contributed by atoms with Gasteiger partial charge >= 0.3 is 0 Å². The number of hydrogen-bond donors (Lipinski definition) is 0. The van der Waals surface area contributed by atoms with E-state index in [9.17, 15) is 14.4 Å². The van der Waals surface area contributed by atoms with Crippen molar-refractivity contribution in [3.63, 3.8) is 0 Å². The van der Waals surface area contributed by atoms with Crippen molar-refractivity contribution in [3.8, 4) is 0 Å². The highest BCUT2D eigenvalue weighted by Gasteiger charge is 2.40. The number of benzene rings is 2. The summed E-state index contributed by atoms with van der Waals surface area (Å²) in [6.45, 7) is 5.74. The topological polar surface area (TPSA) is 57.7 Å². The molecule has 2 aromatic rings. The number of nitrogens with zero attached hydrogens (tertiary/aromatic N) is 2. The molecule has 0 radical (unpaired) electrons.